The van der Waals surface area contributed by atoms with Crippen LogP contribution in [0.4, 0.5) is 32.3 Å². The highest BCUT2D eigenvalue weighted by atomic mass is 19.4. The molecule has 0 unspecified atom stereocenters. The predicted octanol–water partition coefficient (Wildman–Crippen LogP) is 5.13. The van der Waals surface area contributed by atoms with Crippen LogP contribution in [0.3, 0.4) is 0 Å². The van der Waals surface area contributed by atoms with Gasteiger partial charge in [-0.2, -0.15) is 13.2 Å². The lowest BCUT2D eigenvalue weighted by Crippen LogP contribution is -2.24. The van der Waals surface area contributed by atoms with Gasteiger partial charge < -0.3 is 15.8 Å². The minimum atomic E-state index is -5.22. The summed E-state index contributed by atoms with van der Waals surface area (Å²) < 4.78 is 81.4. The van der Waals surface area contributed by atoms with Crippen molar-refractivity contribution in [3.8, 4) is 17.0 Å². The SMILES string of the molecule is NC=Cc1nc(NC2CCCCC2)nnc1-c1ccc(C(F)(F)F)cc1OC(F)(F)F. The van der Waals surface area contributed by atoms with Crippen LogP contribution in [-0.4, -0.2) is 27.6 Å². The number of nitrogens with one attached hydrogen (secondary N) is 1. The number of rotatable bonds is 5. The van der Waals surface area contributed by atoms with E-state index in [1.54, 1.807) is 0 Å². The smallest absolute Gasteiger partial charge is 0.405 e. The van der Waals surface area contributed by atoms with Gasteiger partial charge in [-0.15, -0.1) is 23.4 Å². The molecule has 6 nitrogen and oxygen atoms in total. The Morgan fingerprint density at radius 2 is 1.74 bits per heavy atom. The molecule has 12 heteroatoms. The highest BCUT2D eigenvalue weighted by Gasteiger charge is 2.36. The maximum Gasteiger partial charge on any atom is 0.573 e. The van der Waals surface area contributed by atoms with E-state index in [0.717, 1.165) is 44.4 Å². The number of hydrogen-bond donors (Lipinski definition) is 2. The Balaban J connectivity index is 2.03. The lowest BCUT2D eigenvalue weighted by atomic mass is 9.96. The van der Waals surface area contributed by atoms with E-state index in [0.29, 0.717) is 6.07 Å². The molecular formula is C19H19F6N5O. The zero-order chi connectivity index (χ0) is 22.6. The lowest BCUT2D eigenvalue weighted by Gasteiger charge is -2.22. The minimum absolute atomic E-state index is 0.0302. The quantitative estimate of drug-likeness (QED) is 0.618. The highest BCUT2D eigenvalue weighted by Crippen LogP contribution is 2.39. The van der Waals surface area contributed by atoms with Crippen molar-refractivity contribution in [3.63, 3.8) is 0 Å². The summed E-state index contributed by atoms with van der Waals surface area (Å²) in [5, 5.41) is 10.9. The predicted molar refractivity (Wildman–Crippen MR) is 101 cm³/mol. The molecule has 2 aromatic rings. The molecule has 1 heterocycles. The first-order valence-electron chi connectivity index (χ1n) is 9.44. The molecule has 1 aliphatic rings. The molecule has 0 bridgehead atoms. The average molecular weight is 447 g/mol. The Bertz CT molecular complexity index is 938. The van der Waals surface area contributed by atoms with E-state index in [2.05, 4.69) is 25.2 Å². The number of benzene rings is 1. The number of aromatic nitrogens is 3. The topological polar surface area (TPSA) is 86.0 Å². The monoisotopic (exact) mass is 447 g/mol. The first kappa shape index (κ1) is 22.6. The fourth-order valence-corrected chi connectivity index (χ4v) is 3.33. The third-order valence-electron chi connectivity index (χ3n) is 4.70. The minimum Gasteiger partial charge on any atom is -0.405 e. The van der Waals surface area contributed by atoms with E-state index in [1.165, 1.54) is 6.08 Å². The van der Waals surface area contributed by atoms with E-state index in [9.17, 15) is 26.3 Å². The van der Waals surface area contributed by atoms with Crippen LogP contribution in [0, 0.1) is 0 Å². The summed E-state index contributed by atoms with van der Waals surface area (Å²) in [6, 6.07) is 1.85. The molecule has 1 aromatic heterocycles. The second kappa shape index (κ2) is 8.98. The van der Waals surface area contributed by atoms with Crippen molar-refractivity contribution in [3.05, 3.63) is 35.7 Å². The summed E-state index contributed by atoms with van der Waals surface area (Å²) in [5.41, 5.74) is 3.58. The number of halogens is 6. The van der Waals surface area contributed by atoms with Gasteiger partial charge in [-0.25, -0.2) is 4.98 Å². The summed E-state index contributed by atoms with van der Waals surface area (Å²) in [6.07, 6.45) is -2.67. The molecule has 168 valence electrons. The summed E-state index contributed by atoms with van der Waals surface area (Å²) >= 11 is 0. The van der Waals surface area contributed by atoms with Crippen LogP contribution in [0.15, 0.2) is 24.4 Å². The summed E-state index contributed by atoms with van der Waals surface area (Å²) in [7, 11) is 0. The average Bonchev–Trinajstić information content (AvgIpc) is 2.68. The normalized spacial score (nSPS) is 15.9. The molecule has 0 radical (unpaired) electrons. The number of anilines is 1. The summed E-state index contributed by atoms with van der Waals surface area (Å²) in [4.78, 5) is 4.23. The van der Waals surface area contributed by atoms with Gasteiger partial charge in [0.15, 0.2) is 0 Å². The van der Waals surface area contributed by atoms with Gasteiger partial charge in [0, 0.05) is 11.6 Å². The molecule has 3 rings (SSSR count). The van der Waals surface area contributed by atoms with Crippen LogP contribution in [-0.2, 0) is 6.18 Å². The second-order valence-corrected chi connectivity index (χ2v) is 6.96. The fraction of sp³-hybridized carbons (Fsp3) is 0.421. The lowest BCUT2D eigenvalue weighted by molar-refractivity contribution is -0.274. The van der Waals surface area contributed by atoms with Crippen LogP contribution >= 0.6 is 0 Å². The maximum atomic E-state index is 13.0. The standard InChI is InChI=1S/C19H19F6N5O/c20-18(21,22)11-6-7-13(15(10-11)31-19(23,24)25)16-14(8-9-26)28-17(30-29-16)27-12-4-2-1-3-5-12/h6-10,12H,1-5,26H2,(H,27,28,30). The van der Waals surface area contributed by atoms with Crippen molar-refractivity contribution in [1.29, 1.82) is 0 Å². The second-order valence-electron chi connectivity index (χ2n) is 6.96. The maximum absolute atomic E-state index is 13.0. The fourth-order valence-electron chi connectivity index (χ4n) is 3.33. The molecular weight excluding hydrogens is 428 g/mol. The Morgan fingerprint density at radius 1 is 1.03 bits per heavy atom. The zero-order valence-electron chi connectivity index (χ0n) is 16.1. The Kier molecular flexibility index (Phi) is 6.56. The number of alkyl halides is 6. The molecule has 0 amide bonds. The van der Waals surface area contributed by atoms with Crippen molar-refractivity contribution >= 4 is 12.0 Å². The van der Waals surface area contributed by atoms with Gasteiger partial charge in [0.25, 0.3) is 0 Å². The van der Waals surface area contributed by atoms with Gasteiger partial charge >= 0.3 is 12.5 Å². The Morgan fingerprint density at radius 3 is 2.35 bits per heavy atom. The van der Waals surface area contributed by atoms with Crippen LogP contribution in [0.25, 0.3) is 17.3 Å². The van der Waals surface area contributed by atoms with Crippen LogP contribution in [0.1, 0.15) is 43.4 Å². The highest BCUT2D eigenvalue weighted by molar-refractivity contribution is 5.75. The number of hydrogen-bond acceptors (Lipinski definition) is 6. The van der Waals surface area contributed by atoms with E-state index >= 15 is 0 Å². The van der Waals surface area contributed by atoms with E-state index in [4.69, 9.17) is 5.73 Å². The van der Waals surface area contributed by atoms with E-state index in [-0.39, 0.29) is 35.0 Å². The van der Waals surface area contributed by atoms with Gasteiger partial charge in [-0.3, -0.25) is 0 Å². The van der Waals surface area contributed by atoms with Gasteiger partial charge in [0.1, 0.15) is 11.4 Å². The third kappa shape index (κ3) is 5.98. The van der Waals surface area contributed by atoms with E-state index in [1.807, 2.05) is 0 Å². The van der Waals surface area contributed by atoms with Gasteiger partial charge in [0.05, 0.1) is 11.3 Å². The zero-order valence-corrected chi connectivity index (χ0v) is 16.1. The molecule has 0 spiro atoms. The molecule has 1 fully saturated rings. The Hall–Kier alpha value is -3.05. The molecule has 3 N–H and O–H groups in total. The molecule has 1 aromatic carbocycles. The van der Waals surface area contributed by atoms with E-state index < -0.39 is 23.9 Å². The van der Waals surface area contributed by atoms with Crippen LogP contribution < -0.4 is 15.8 Å². The van der Waals surface area contributed by atoms with Gasteiger partial charge in [-0.05, 0) is 43.3 Å². The number of nitrogens with zero attached hydrogens (tertiary/aromatic N) is 3. The molecule has 1 aliphatic carbocycles. The molecule has 0 aliphatic heterocycles. The number of nitrogens with two attached hydrogens (primary N) is 1. The number of ether oxygens (including phenoxy) is 1. The summed E-state index contributed by atoms with van der Waals surface area (Å²) in [6.45, 7) is 0. The van der Waals surface area contributed by atoms with Crippen LogP contribution in [0.5, 0.6) is 5.75 Å². The van der Waals surface area contributed by atoms with Crippen molar-refractivity contribution in [1.82, 2.24) is 15.2 Å². The van der Waals surface area contributed by atoms with Gasteiger partial charge in [0.2, 0.25) is 5.95 Å². The van der Waals surface area contributed by atoms with Crippen molar-refractivity contribution < 1.29 is 31.1 Å². The Labute approximate surface area is 173 Å². The van der Waals surface area contributed by atoms with Crippen molar-refractivity contribution in [2.24, 2.45) is 5.73 Å². The molecule has 1 saturated carbocycles. The molecule has 31 heavy (non-hydrogen) atoms. The summed E-state index contributed by atoms with van der Waals surface area (Å²) in [5.74, 6) is -0.924. The molecule has 0 atom stereocenters. The first-order chi connectivity index (χ1) is 14.6. The van der Waals surface area contributed by atoms with Crippen molar-refractivity contribution in [2.75, 3.05) is 5.32 Å². The largest absolute Gasteiger partial charge is 0.573 e. The molecule has 0 saturated heterocycles. The van der Waals surface area contributed by atoms with Crippen molar-refractivity contribution in [2.45, 2.75) is 50.7 Å². The first-order valence-corrected chi connectivity index (χ1v) is 9.44. The third-order valence-corrected chi connectivity index (χ3v) is 4.70. The van der Waals surface area contributed by atoms with Gasteiger partial charge in [-0.1, -0.05) is 19.3 Å². The van der Waals surface area contributed by atoms with Crippen LogP contribution in [0.2, 0.25) is 0 Å².